The minimum absolute atomic E-state index is 0.0105. The summed E-state index contributed by atoms with van der Waals surface area (Å²) in [7, 11) is 3.63. The molecule has 1 N–H and O–H groups in total. The van der Waals surface area contributed by atoms with E-state index >= 15 is 0 Å². The van der Waals surface area contributed by atoms with Gasteiger partial charge < -0.3 is 9.64 Å². The second-order valence-corrected chi connectivity index (χ2v) is 9.93. The van der Waals surface area contributed by atoms with E-state index in [1.165, 1.54) is 6.08 Å². The van der Waals surface area contributed by atoms with Gasteiger partial charge in [0.1, 0.15) is 11.3 Å². The zero-order valence-corrected chi connectivity index (χ0v) is 20.8. The molecule has 4 rings (SSSR count). The number of nitrogens with one attached hydrogen (secondary N) is 1. The number of benzene rings is 2. The summed E-state index contributed by atoms with van der Waals surface area (Å²) >= 11 is 0. The fourth-order valence-corrected chi connectivity index (χ4v) is 5.03. The number of barbiturate groups is 1. The number of ether oxygens (including phenoxy) is 1. The van der Waals surface area contributed by atoms with E-state index in [9.17, 15) is 14.4 Å². The molecule has 0 bridgehead atoms. The Bertz CT molecular complexity index is 1220. The molecule has 2 aliphatic rings. The number of amides is 4. The minimum atomic E-state index is -0.757. The fraction of sp³-hybridized carbons (Fsp3) is 0.370. The number of imide groups is 2. The van der Waals surface area contributed by atoms with Gasteiger partial charge in [-0.15, -0.1) is 0 Å². The van der Waals surface area contributed by atoms with Crippen molar-refractivity contribution in [1.82, 2.24) is 5.32 Å². The Balaban J connectivity index is 1.81. The summed E-state index contributed by atoms with van der Waals surface area (Å²) in [6, 6.07) is 8.63. The monoisotopic (exact) mass is 461 g/mol. The van der Waals surface area contributed by atoms with E-state index in [0.29, 0.717) is 17.0 Å². The van der Waals surface area contributed by atoms with Crippen LogP contribution in [0.1, 0.15) is 55.4 Å². The second kappa shape index (κ2) is 8.31. The van der Waals surface area contributed by atoms with Gasteiger partial charge >= 0.3 is 6.03 Å². The third-order valence-corrected chi connectivity index (χ3v) is 6.85. The Kier molecular flexibility index (Phi) is 5.75. The molecule has 7 nitrogen and oxygen atoms in total. The van der Waals surface area contributed by atoms with Gasteiger partial charge in [0.15, 0.2) is 0 Å². The van der Waals surface area contributed by atoms with E-state index in [0.717, 1.165) is 33.7 Å². The molecule has 1 fully saturated rings. The van der Waals surface area contributed by atoms with Crippen LogP contribution in [-0.4, -0.2) is 37.5 Å². The third-order valence-electron chi connectivity index (χ3n) is 6.85. The van der Waals surface area contributed by atoms with E-state index in [-0.39, 0.29) is 17.0 Å². The van der Waals surface area contributed by atoms with Crippen LogP contribution in [0.5, 0.6) is 5.75 Å². The number of hydrogen-bond acceptors (Lipinski definition) is 5. The van der Waals surface area contributed by atoms with Crippen LogP contribution in [0.3, 0.4) is 0 Å². The van der Waals surface area contributed by atoms with E-state index in [2.05, 4.69) is 38.0 Å². The quantitative estimate of drug-likeness (QED) is 0.529. The van der Waals surface area contributed by atoms with Crippen molar-refractivity contribution in [3.8, 4) is 5.75 Å². The highest BCUT2D eigenvalue weighted by Gasteiger charge is 2.38. The molecule has 0 spiro atoms. The van der Waals surface area contributed by atoms with Crippen LogP contribution in [0.25, 0.3) is 6.08 Å². The van der Waals surface area contributed by atoms with Crippen molar-refractivity contribution in [3.05, 3.63) is 58.2 Å². The first-order valence-electron chi connectivity index (χ1n) is 11.4. The predicted octanol–water partition coefficient (Wildman–Crippen LogP) is 4.70. The number of fused-ring (bicyclic) bond motifs is 1. The van der Waals surface area contributed by atoms with Crippen molar-refractivity contribution in [2.45, 2.75) is 52.5 Å². The van der Waals surface area contributed by atoms with Crippen LogP contribution < -0.4 is 19.9 Å². The molecule has 1 atom stereocenters. The van der Waals surface area contributed by atoms with E-state index < -0.39 is 17.8 Å². The maximum Gasteiger partial charge on any atom is 0.335 e. The summed E-state index contributed by atoms with van der Waals surface area (Å²) < 4.78 is 5.64. The molecule has 1 unspecified atom stereocenters. The zero-order valence-electron chi connectivity index (χ0n) is 20.8. The summed E-state index contributed by atoms with van der Waals surface area (Å²) in [4.78, 5) is 42.0. The maximum absolute atomic E-state index is 13.4. The normalized spacial score (nSPS) is 21.0. The van der Waals surface area contributed by atoms with Crippen molar-refractivity contribution in [3.63, 3.8) is 0 Å². The molecule has 2 aromatic carbocycles. The van der Waals surface area contributed by atoms with Crippen LogP contribution in [0.15, 0.2) is 35.9 Å². The number of carbonyl (C=O) groups is 3. The Labute approximate surface area is 200 Å². The number of carbonyl (C=O) groups excluding carboxylic acids is 3. The average Bonchev–Trinajstić information content (AvgIpc) is 2.73. The highest BCUT2D eigenvalue weighted by molar-refractivity contribution is 6.39. The average molecular weight is 462 g/mol. The number of rotatable bonds is 3. The van der Waals surface area contributed by atoms with E-state index in [1.54, 1.807) is 19.2 Å². The lowest BCUT2D eigenvalue weighted by atomic mass is 9.79. The lowest BCUT2D eigenvalue weighted by Gasteiger charge is -2.45. The number of aryl methyl sites for hydroxylation is 2. The molecule has 0 radical (unpaired) electrons. The molecular formula is C27H31N3O4. The standard InChI is InChI=1S/C27H31N3O4/c1-15-8-16(2)10-19(9-15)30-25(32)21(24(31)28-26(30)33)12-18-11-20-17(3)14-27(4,5)29(6)22(20)13-23(18)34-7/h8-13,17H,14H2,1-7H3,(H,28,31,33)/b21-12-. The number of anilines is 2. The van der Waals surface area contributed by atoms with Crippen molar-refractivity contribution in [2.75, 3.05) is 24.0 Å². The lowest BCUT2D eigenvalue weighted by molar-refractivity contribution is -0.122. The smallest absolute Gasteiger partial charge is 0.335 e. The summed E-state index contributed by atoms with van der Waals surface area (Å²) in [5, 5.41) is 2.30. The number of methoxy groups -OCH3 is 1. The molecule has 2 aromatic rings. The van der Waals surface area contributed by atoms with Crippen molar-refractivity contribution < 1.29 is 19.1 Å². The first-order valence-corrected chi connectivity index (χ1v) is 11.4. The van der Waals surface area contributed by atoms with Gasteiger partial charge in [-0.2, -0.15) is 0 Å². The lowest BCUT2D eigenvalue weighted by Crippen LogP contribution is -2.54. The molecule has 0 aromatic heterocycles. The molecule has 1 saturated heterocycles. The van der Waals surface area contributed by atoms with Crippen LogP contribution in [0, 0.1) is 13.8 Å². The van der Waals surface area contributed by atoms with Crippen molar-refractivity contribution >= 4 is 35.3 Å². The highest BCUT2D eigenvalue weighted by Crippen LogP contribution is 2.45. The molecular weight excluding hydrogens is 430 g/mol. The SMILES string of the molecule is COc1cc2c(cc1/C=C1/C(=O)NC(=O)N(c3cc(C)cc(C)c3)C1=O)C(C)CC(C)(C)N2C. The summed E-state index contributed by atoms with van der Waals surface area (Å²) in [5.41, 5.74) is 4.93. The summed E-state index contributed by atoms with van der Waals surface area (Å²) in [6.07, 6.45) is 2.48. The van der Waals surface area contributed by atoms with Gasteiger partial charge in [0.25, 0.3) is 11.8 Å². The Morgan fingerprint density at radius 1 is 1.06 bits per heavy atom. The Hall–Kier alpha value is -3.61. The van der Waals surface area contributed by atoms with Gasteiger partial charge in [-0.25, -0.2) is 9.69 Å². The molecule has 2 aliphatic heterocycles. The van der Waals surface area contributed by atoms with Crippen LogP contribution >= 0.6 is 0 Å². The molecule has 0 aliphatic carbocycles. The molecule has 34 heavy (non-hydrogen) atoms. The number of urea groups is 1. The van der Waals surface area contributed by atoms with Crippen molar-refractivity contribution in [1.29, 1.82) is 0 Å². The van der Waals surface area contributed by atoms with Gasteiger partial charge in [0, 0.05) is 29.9 Å². The molecule has 4 amide bonds. The fourth-order valence-electron chi connectivity index (χ4n) is 5.03. The first kappa shape index (κ1) is 23.5. The topological polar surface area (TPSA) is 79.0 Å². The highest BCUT2D eigenvalue weighted by atomic mass is 16.5. The largest absolute Gasteiger partial charge is 0.496 e. The number of hydrogen-bond donors (Lipinski definition) is 1. The first-order chi connectivity index (χ1) is 15.9. The molecule has 178 valence electrons. The summed E-state index contributed by atoms with van der Waals surface area (Å²) in [6.45, 7) is 10.4. The Morgan fingerprint density at radius 2 is 1.71 bits per heavy atom. The van der Waals surface area contributed by atoms with Gasteiger partial charge in [-0.05, 0) is 81.0 Å². The van der Waals surface area contributed by atoms with Gasteiger partial charge in [0.05, 0.1) is 12.8 Å². The number of nitrogens with zero attached hydrogens (tertiary/aromatic N) is 2. The zero-order chi connectivity index (χ0) is 24.9. The van der Waals surface area contributed by atoms with Gasteiger partial charge in [-0.3, -0.25) is 14.9 Å². The maximum atomic E-state index is 13.4. The summed E-state index contributed by atoms with van der Waals surface area (Å²) in [5.74, 6) is -0.543. The third kappa shape index (κ3) is 3.95. The molecule has 7 heteroatoms. The second-order valence-electron chi connectivity index (χ2n) is 9.93. The van der Waals surface area contributed by atoms with E-state index in [1.807, 2.05) is 32.0 Å². The van der Waals surface area contributed by atoms with Crippen LogP contribution in [0.2, 0.25) is 0 Å². The van der Waals surface area contributed by atoms with Crippen LogP contribution in [-0.2, 0) is 9.59 Å². The van der Waals surface area contributed by atoms with Crippen molar-refractivity contribution in [2.24, 2.45) is 0 Å². The minimum Gasteiger partial charge on any atom is -0.496 e. The van der Waals surface area contributed by atoms with Gasteiger partial charge in [-0.1, -0.05) is 13.0 Å². The Morgan fingerprint density at radius 3 is 2.32 bits per heavy atom. The van der Waals surface area contributed by atoms with Crippen LogP contribution in [0.4, 0.5) is 16.2 Å². The predicted molar refractivity (Wildman–Crippen MR) is 133 cm³/mol. The molecule has 0 saturated carbocycles. The van der Waals surface area contributed by atoms with E-state index in [4.69, 9.17) is 4.74 Å². The van der Waals surface area contributed by atoms with Gasteiger partial charge in [0.2, 0.25) is 0 Å². The molecule has 2 heterocycles.